The highest BCUT2D eigenvalue weighted by Crippen LogP contribution is 2.31. The van der Waals surface area contributed by atoms with Crippen molar-refractivity contribution < 1.29 is 4.74 Å². The van der Waals surface area contributed by atoms with Crippen LogP contribution < -0.4 is 10.1 Å². The Hall–Kier alpha value is -0.480. The van der Waals surface area contributed by atoms with Gasteiger partial charge in [-0.25, -0.2) is 0 Å². The lowest BCUT2D eigenvalue weighted by Gasteiger charge is -2.22. The van der Waals surface area contributed by atoms with Crippen molar-refractivity contribution in [3.05, 3.63) is 27.7 Å². The number of halogens is 2. The molecule has 0 bridgehead atoms. The molecule has 0 aliphatic heterocycles. The van der Waals surface area contributed by atoms with Gasteiger partial charge in [0.05, 0.1) is 12.1 Å². The van der Waals surface area contributed by atoms with Crippen molar-refractivity contribution in [1.29, 1.82) is 0 Å². The first kappa shape index (κ1) is 21.6. The second kappa shape index (κ2) is 12.8. The number of methoxy groups -OCH3 is 1. The van der Waals surface area contributed by atoms with Crippen LogP contribution in [0, 0.1) is 0 Å². The van der Waals surface area contributed by atoms with E-state index in [9.17, 15) is 0 Å². The molecule has 0 fully saturated rings. The van der Waals surface area contributed by atoms with E-state index >= 15 is 0 Å². The van der Waals surface area contributed by atoms with Gasteiger partial charge in [0.15, 0.2) is 0 Å². The molecule has 24 heavy (non-hydrogen) atoms. The molecule has 0 saturated heterocycles. The third-order valence-corrected chi connectivity index (χ3v) is 4.59. The van der Waals surface area contributed by atoms with Gasteiger partial charge in [-0.1, -0.05) is 49.9 Å². The van der Waals surface area contributed by atoms with Gasteiger partial charge in [0.25, 0.3) is 0 Å². The summed E-state index contributed by atoms with van der Waals surface area (Å²) in [6, 6.07) is 3.62. The Balaban J connectivity index is 2.36. The number of hydrogen-bond donors (Lipinski definition) is 1. The molecule has 0 spiro atoms. The smallest absolute Gasteiger partial charge is 0.142 e. The van der Waals surface area contributed by atoms with Crippen molar-refractivity contribution in [3.63, 3.8) is 0 Å². The van der Waals surface area contributed by atoms with Crippen LogP contribution in [0.3, 0.4) is 0 Å². The van der Waals surface area contributed by atoms with E-state index in [1.807, 2.05) is 6.07 Å². The van der Waals surface area contributed by atoms with Crippen LogP contribution in [0.25, 0.3) is 0 Å². The molecule has 0 aliphatic carbocycles. The van der Waals surface area contributed by atoms with E-state index in [0.29, 0.717) is 22.3 Å². The van der Waals surface area contributed by atoms with E-state index in [1.165, 1.54) is 38.8 Å². The first-order valence-corrected chi connectivity index (χ1v) is 9.82. The molecule has 3 nitrogen and oxygen atoms in total. The van der Waals surface area contributed by atoms with E-state index in [2.05, 4.69) is 24.1 Å². The summed E-state index contributed by atoms with van der Waals surface area (Å²) in [5.41, 5.74) is 1.00. The first-order valence-electron chi connectivity index (χ1n) is 9.07. The van der Waals surface area contributed by atoms with Gasteiger partial charge >= 0.3 is 0 Å². The highest BCUT2D eigenvalue weighted by molar-refractivity contribution is 6.35. The topological polar surface area (TPSA) is 24.5 Å². The molecule has 0 heterocycles. The fourth-order valence-electron chi connectivity index (χ4n) is 2.72. The number of nitrogens with zero attached hydrogens (tertiary/aromatic N) is 1. The monoisotopic (exact) mass is 374 g/mol. The lowest BCUT2D eigenvalue weighted by Crippen LogP contribution is -2.29. The predicted molar refractivity (Wildman–Crippen MR) is 106 cm³/mol. The number of nitrogens with one attached hydrogen (secondary N) is 1. The quantitative estimate of drug-likeness (QED) is 0.468. The fraction of sp³-hybridized carbons (Fsp3) is 0.684. The average Bonchev–Trinajstić information content (AvgIpc) is 2.56. The van der Waals surface area contributed by atoms with E-state index in [0.717, 1.165) is 25.1 Å². The van der Waals surface area contributed by atoms with Crippen LogP contribution in [0.2, 0.25) is 10.0 Å². The predicted octanol–water partition coefficient (Wildman–Crippen LogP) is 5.38. The zero-order valence-corrected chi connectivity index (χ0v) is 16.8. The van der Waals surface area contributed by atoms with Crippen LogP contribution in [0.1, 0.15) is 51.5 Å². The number of benzene rings is 1. The SMILES string of the molecule is CCCCN(CCCC)CCCNCc1cc(Cl)cc(Cl)c1OC. The van der Waals surface area contributed by atoms with Gasteiger partial charge in [-0.3, -0.25) is 0 Å². The van der Waals surface area contributed by atoms with Crippen LogP contribution in [0.15, 0.2) is 12.1 Å². The maximum atomic E-state index is 6.17. The normalized spacial score (nSPS) is 11.2. The standard InChI is InChI=1S/C19H32Cl2N2O/c1-4-6-10-23(11-7-5-2)12-8-9-22-15-16-13-17(20)14-18(21)19(16)24-3/h13-14,22H,4-12,15H2,1-3H3. The average molecular weight is 375 g/mol. The zero-order chi connectivity index (χ0) is 17.8. The van der Waals surface area contributed by atoms with Gasteiger partial charge in [-0.05, 0) is 57.6 Å². The van der Waals surface area contributed by atoms with Gasteiger partial charge in [0.2, 0.25) is 0 Å². The molecule has 1 aromatic carbocycles. The van der Waals surface area contributed by atoms with Crippen molar-refractivity contribution in [1.82, 2.24) is 10.2 Å². The molecular weight excluding hydrogens is 343 g/mol. The van der Waals surface area contributed by atoms with Crippen molar-refractivity contribution >= 4 is 23.2 Å². The van der Waals surface area contributed by atoms with Crippen LogP contribution in [-0.2, 0) is 6.54 Å². The Morgan fingerprint density at radius 3 is 2.21 bits per heavy atom. The van der Waals surface area contributed by atoms with Gasteiger partial charge < -0.3 is 15.0 Å². The largest absolute Gasteiger partial charge is 0.495 e. The van der Waals surface area contributed by atoms with Gasteiger partial charge in [0.1, 0.15) is 5.75 Å². The third kappa shape index (κ3) is 8.06. The van der Waals surface area contributed by atoms with Gasteiger partial charge in [-0.15, -0.1) is 0 Å². The molecule has 1 rings (SSSR count). The molecular formula is C19H32Cl2N2O. The lowest BCUT2D eigenvalue weighted by atomic mass is 10.2. The summed E-state index contributed by atoms with van der Waals surface area (Å²) in [5.74, 6) is 0.709. The number of ether oxygens (including phenoxy) is 1. The van der Waals surface area contributed by atoms with Crippen LogP contribution in [0.4, 0.5) is 0 Å². The van der Waals surface area contributed by atoms with Crippen molar-refractivity contribution in [3.8, 4) is 5.75 Å². The Morgan fingerprint density at radius 2 is 1.62 bits per heavy atom. The van der Waals surface area contributed by atoms with E-state index in [1.54, 1.807) is 13.2 Å². The Kier molecular flexibility index (Phi) is 11.5. The molecule has 0 radical (unpaired) electrons. The Labute approximate surface area is 157 Å². The summed E-state index contributed by atoms with van der Waals surface area (Å²) >= 11 is 12.3. The van der Waals surface area contributed by atoms with Crippen molar-refractivity contribution in [2.24, 2.45) is 0 Å². The van der Waals surface area contributed by atoms with E-state index < -0.39 is 0 Å². The second-order valence-corrected chi connectivity index (χ2v) is 7.00. The van der Waals surface area contributed by atoms with E-state index in [-0.39, 0.29) is 0 Å². The molecule has 1 aromatic rings. The number of unbranched alkanes of at least 4 members (excludes halogenated alkanes) is 2. The maximum absolute atomic E-state index is 6.17. The van der Waals surface area contributed by atoms with Crippen molar-refractivity contribution in [2.75, 3.05) is 33.3 Å². The van der Waals surface area contributed by atoms with Crippen LogP contribution in [0.5, 0.6) is 5.75 Å². The van der Waals surface area contributed by atoms with Crippen LogP contribution >= 0.6 is 23.2 Å². The molecule has 0 aliphatic rings. The minimum Gasteiger partial charge on any atom is -0.495 e. The summed E-state index contributed by atoms with van der Waals surface area (Å²) in [6.07, 6.45) is 6.24. The summed E-state index contributed by atoms with van der Waals surface area (Å²) in [6.45, 7) is 9.78. The summed E-state index contributed by atoms with van der Waals surface area (Å²) < 4.78 is 5.38. The second-order valence-electron chi connectivity index (χ2n) is 6.16. The molecule has 0 atom stereocenters. The Morgan fingerprint density at radius 1 is 1.00 bits per heavy atom. The highest BCUT2D eigenvalue weighted by Gasteiger charge is 2.09. The van der Waals surface area contributed by atoms with Gasteiger partial charge in [0, 0.05) is 17.1 Å². The maximum Gasteiger partial charge on any atom is 0.142 e. The molecule has 0 unspecified atom stereocenters. The molecule has 0 aromatic heterocycles. The fourth-order valence-corrected chi connectivity index (χ4v) is 3.34. The molecule has 1 N–H and O–H groups in total. The minimum absolute atomic E-state index is 0.562. The first-order chi connectivity index (χ1) is 11.6. The highest BCUT2D eigenvalue weighted by atomic mass is 35.5. The van der Waals surface area contributed by atoms with E-state index in [4.69, 9.17) is 27.9 Å². The van der Waals surface area contributed by atoms with Crippen molar-refractivity contribution in [2.45, 2.75) is 52.5 Å². The molecule has 5 heteroatoms. The molecule has 0 amide bonds. The zero-order valence-electron chi connectivity index (χ0n) is 15.3. The minimum atomic E-state index is 0.562. The molecule has 0 saturated carbocycles. The third-order valence-electron chi connectivity index (χ3n) is 4.09. The molecule has 138 valence electrons. The van der Waals surface area contributed by atoms with Crippen LogP contribution in [-0.4, -0.2) is 38.2 Å². The summed E-state index contributed by atoms with van der Waals surface area (Å²) in [7, 11) is 1.64. The lowest BCUT2D eigenvalue weighted by molar-refractivity contribution is 0.261. The number of hydrogen-bond acceptors (Lipinski definition) is 3. The number of rotatable bonds is 13. The summed E-state index contributed by atoms with van der Waals surface area (Å²) in [4.78, 5) is 2.59. The van der Waals surface area contributed by atoms with Gasteiger partial charge in [-0.2, -0.15) is 0 Å². The Bertz CT molecular complexity index is 461. The summed E-state index contributed by atoms with van der Waals surface area (Å²) in [5, 5.41) is 4.68.